The molecular formula is C31H42O14. The Hall–Kier alpha value is -2.69. The second-order valence-electron chi connectivity index (χ2n) is 12.3. The van der Waals surface area contributed by atoms with Gasteiger partial charge in [0.1, 0.15) is 43.2 Å². The van der Waals surface area contributed by atoms with Crippen molar-refractivity contribution in [1.82, 2.24) is 0 Å². The molecule has 10 atom stereocenters. The van der Waals surface area contributed by atoms with E-state index in [1.54, 1.807) is 27.7 Å². The zero-order valence-electron chi connectivity index (χ0n) is 26.5. The lowest BCUT2D eigenvalue weighted by molar-refractivity contribution is -0.326. The van der Waals surface area contributed by atoms with Crippen LogP contribution in [0.5, 0.6) is 0 Å². The van der Waals surface area contributed by atoms with Crippen molar-refractivity contribution in [2.45, 2.75) is 128 Å². The number of hydrogen-bond acceptors (Lipinski definition) is 14. The first-order chi connectivity index (χ1) is 21.2. The van der Waals surface area contributed by atoms with Crippen LogP contribution >= 0.6 is 0 Å². The minimum Gasteiger partial charge on any atom is -0.463 e. The molecule has 14 nitrogen and oxygen atoms in total. The Balaban J connectivity index is 1.41. The Bertz CT molecular complexity index is 1200. The zero-order chi connectivity index (χ0) is 32.5. The Morgan fingerprint density at radius 1 is 0.667 bits per heavy atom. The van der Waals surface area contributed by atoms with Gasteiger partial charge >= 0.3 is 17.9 Å². The fourth-order valence-corrected chi connectivity index (χ4v) is 5.97. The van der Waals surface area contributed by atoms with E-state index in [-0.39, 0.29) is 19.8 Å². The van der Waals surface area contributed by atoms with Gasteiger partial charge in [-0.1, -0.05) is 30.3 Å². The van der Waals surface area contributed by atoms with Gasteiger partial charge in [-0.3, -0.25) is 14.4 Å². The SMILES string of the molecule is CC(=O)OC[C@H]1OC(OC[C@H]2O[C@@H]3OC(C)(C)O[C@@H]3[C@H]3OC(C)(C)O[C@H]32)[C@H](OCc2ccccc2)[C@@H](OC(C)=O)[C@@H]1OC(C)=O. The van der Waals surface area contributed by atoms with Crippen LogP contribution in [-0.4, -0.2) is 104 Å². The molecule has 1 aromatic rings. The lowest BCUT2D eigenvalue weighted by Crippen LogP contribution is -2.63. The Morgan fingerprint density at radius 2 is 1.29 bits per heavy atom. The lowest BCUT2D eigenvalue weighted by Gasteiger charge is -2.45. The maximum absolute atomic E-state index is 12.3. The molecule has 0 saturated carbocycles. The first-order valence-corrected chi connectivity index (χ1v) is 15.0. The maximum Gasteiger partial charge on any atom is 0.303 e. The van der Waals surface area contributed by atoms with E-state index in [0.29, 0.717) is 0 Å². The summed E-state index contributed by atoms with van der Waals surface area (Å²) < 4.78 is 66.1. The van der Waals surface area contributed by atoms with Gasteiger partial charge in [-0.15, -0.1) is 0 Å². The van der Waals surface area contributed by atoms with Crippen molar-refractivity contribution in [3.05, 3.63) is 35.9 Å². The van der Waals surface area contributed by atoms with Gasteiger partial charge in [-0.05, 0) is 33.3 Å². The molecule has 4 heterocycles. The average molecular weight is 639 g/mol. The smallest absolute Gasteiger partial charge is 0.303 e. The van der Waals surface area contributed by atoms with Crippen LogP contribution in [0.1, 0.15) is 54.0 Å². The Morgan fingerprint density at radius 3 is 1.96 bits per heavy atom. The molecule has 1 unspecified atom stereocenters. The average Bonchev–Trinajstić information content (AvgIpc) is 3.45. The Kier molecular flexibility index (Phi) is 10.2. The van der Waals surface area contributed by atoms with Crippen LogP contribution < -0.4 is 0 Å². The minimum atomic E-state index is -1.20. The predicted octanol–water partition coefficient (Wildman–Crippen LogP) is 2.14. The van der Waals surface area contributed by atoms with Crippen molar-refractivity contribution in [3.63, 3.8) is 0 Å². The second-order valence-corrected chi connectivity index (χ2v) is 12.3. The standard InChI is InChI=1S/C31H42O14/c1-16(32)35-14-20-22(38-17(2)33)24(39-18(3)34)26(36-13-19-11-9-8-10-12-19)28(40-20)37-15-21-23-25(43-30(4,5)42-23)27-29(41-21)45-31(6,7)44-27/h8-12,20-29H,13-15H2,1-7H3/t20-,21-,22-,23+,24+,25+,26-,27-,28?,29-/m1/s1. The fraction of sp³-hybridized carbons (Fsp3) is 0.710. The molecule has 0 N–H and O–H groups in total. The van der Waals surface area contributed by atoms with E-state index in [9.17, 15) is 14.4 Å². The highest BCUT2D eigenvalue weighted by Gasteiger charge is 2.61. The number of carbonyl (C=O) groups excluding carboxylic acids is 3. The van der Waals surface area contributed by atoms with Crippen molar-refractivity contribution in [3.8, 4) is 0 Å². The number of carbonyl (C=O) groups is 3. The van der Waals surface area contributed by atoms with Gasteiger partial charge in [-0.2, -0.15) is 0 Å². The van der Waals surface area contributed by atoms with Gasteiger partial charge < -0.3 is 52.1 Å². The number of hydrogen-bond donors (Lipinski definition) is 0. The van der Waals surface area contributed by atoms with Crippen molar-refractivity contribution >= 4 is 17.9 Å². The molecule has 0 radical (unpaired) electrons. The number of fused-ring (bicyclic) bond motifs is 3. The van der Waals surface area contributed by atoms with Gasteiger partial charge in [0, 0.05) is 20.8 Å². The monoisotopic (exact) mass is 638 g/mol. The van der Waals surface area contributed by atoms with Crippen LogP contribution in [-0.2, 0) is 73.1 Å². The summed E-state index contributed by atoms with van der Waals surface area (Å²) in [5.74, 6) is -3.71. The largest absolute Gasteiger partial charge is 0.463 e. The van der Waals surface area contributed by atoms with Crippen LogP contribution in [0.4, 0.5) is 0 Å². The van der Waals surface area contributed by atoms with Crippen LogP contribution in [0.15, 0.2) is 30.3 Å². The topological polar surface area (TPSA) is 153 Å². The van der Waals surface area contributed by atoms with Crippen molar-refractivity contribution in [1.29, 1.82) is 0 Å². The van der Waals surface area contributed by atoms with Crippen LogP contribution in [0.3, 0.4) is 0 Å². The van der Waals surface area contributed by atoms with Crippen molar-refractivity contribution in [2.24, 2.45) is 0 Å². The summed E-state index contributed by atoms with van der Waals surface area (Å²) in [5, 5.41) is 0. The number of ether oxygens (including phenoxy) is 11. The number of benzene rings is 1. The van der Waals surface area contributed by atoms with Crippen LogP contribution in [0, 0.1) is 0 Å². The third-order valence-corrected chi connectivity index (χ3v) is 7.61. The molecule has 1 aromatic carbocycles. The summed E-state index contributed by atoms with van der Waals surface area (Å²) in [7, 11) is 0. The van der Waals surface area contributed by atoms with E-state index in [1.807, 2.05) is 30.3 Å². The molecule has 0 aliphatic carbocycles. The minimum absolute atomic E-state index is 0.0885. The molecule has 14 heteroatoms. The van der Waals surface area contributed by atoms with E-state index < -0.39 is 90.9 Å². The highest BCUT2D eigenvalue weighted by molar-refractivity contribution is 5.68. The predicted molar refractivity (Wildman–Crippen MR) is 150 cm³/mol. The first kappa shape index (κ1) is 33.7. The van der Waals surface area contributed by atoms with Gasteiger partial charge in [0.2, 0.25) is 0 Å². The van der Waals surface area contributed by atoms with Gasteiger partial charge in [-0.25, -0.2) is 0 Å². The molecule has 0 amide bonds. The molecule has 4 aliphatic heterocycles. The summed E-state index contributed by atoms with van der Waals surface area (Å²) in [6, 6.07) is 9.31. The summed E-state index contributed by atoms with van der Waals surface area (Å²) in [6.07, 6.45) is -8.77. The summed E-state index contributed by atoms with van der Waals surface area (Å²) in [5.41, 5.74) is 0.827. The zero-order valence-corrected chi connectivity index (χ0v) is 26.5. The Labute approximate surface area is 261 Å². The number of esters is 3. The first-order valence-electron chi connectivity index (χ1n) is 15.0. The molecular weight excluding hydrogens is 596 g/mol. The molecule has 0 bridgehead atoms. The van der Waals surface area contributed by atoms with E-state index in [2.05, 4.69) is 0 Å². The lowest BCUT2D eigenvalue weighted by atomic mass is 9.97. The van der Waals surface area contributed by atoms with Gasteiger partial charge in [0.25, 0.3) is 0 Å². The molecule has 4 aliphatic rings. The van der Waals surface area contributed by atoms with Gasteiger partial charge in [0.15, 0.2) is 36.4 Å². The van der Waals surface area contributed by atoms with E-state index in [4.69, 9.17) is 52.1 Å². The molecule has 250 valence electrons. The maximum atomic E-state index is 12.3. The fourth-order valence-electron chi connectivity index (χ4n) is 5.97. The second kappa shape index (κ2) is 13.6. The summed E-state index contributed by atoms with van der Waals surface area (Å²) in [6.45, 7) is 10.5. The van der Waals surface area contributed by atoms with Crippen molar-refractivity contribution < 1.29 is 66.5 Å². The summed E-state index contributed by atoms with van der Waals surface area (Å²) >= 11 is 0. The molecule has 4 fully saturated rings. The highest BCUT2D eigenvalue weighted by atomic mass is 16.9. The molecule has 45 heavy (non-hydrogen) atoms. The van der Waals surface area contributed by atoms with Gasteiger partial charge in [0.05, 0.1) is 13.2 Å². The molecule has 4 saturated heterocycles. The van der Waals surface area contributed by atoms with Crippen LogP contribution in [0.2, 0.25) is 0 Å². The third kappa shape index (κ3) is 8.19. The molecule has 5 rings (SSSR count). The van der Waals surface area contributed by atoms with Crippen LogP contribution in [0.25, 0.3) is 0 Å². The number of rotatable bonds is 10. The molecule has 0 aromatic heterocycles. The normalized spacial score (nSPS) is 36.4. The van der Waals surface area contributed by atoms with Crippen molar-refractivity contribution in [2.75, 3.05) is 13.2 Å². The summed E-state index contributed by atoms with van der Waals surface area (Å²) in [4.78, 5) is 36.2. The van der Waals surface area contributed by atoms with E-state index >= 15 is 0 Å². The van der Waals surface area contributed by atoms with E-state index in [1.165, 1.54) is 20.8 Å². The van der Waals surface area contributed by atoms with E-state index in [0.717, 1.165) is 5.56 Å². The molecule has 0 spiro atoms. The third-order valence-electron chi connectivity index (χ3n) is 7.61. The highest BCUT2D eigenvalue weighted by Crippen LogP contribution is 2.44. The quantitative estimate of drug-likeness (QED) is 0.272.